The maximum Gasteiger partial charge on any atom is 0.147 e. The summed E-state index contributed by atoms with van der Waals surface area (Å²) in [4.78, 5) is 0. The average molecular weight is 372 g/mol. The first-order valence-corrected chi connectivity index (χ1v) is 7.07. The number of halogens is 2. The van der Waals surface area contributed by atoms with Crippen LogP contribution in [0.1, 0.15) is 11.7 Å². The smallest absolute Gasteiger partial charge is 0.147 e. The summed E-state index contributed by atoms with van der Waals surface area (Å²) in [5, 5.41) is 10.0. The molecule has 0 spiro atoms. The van der Waals surface area contributed by atoms with Gasteiger partial charge in [-0.05, 0) is 49.6 Å². The number of ether oxygens (including phenoxy) is 1. The maximum atomic E-state index is 10.0. The van der Waals surface area contributed by atoms with E-state index in [9.17, 15) is 5.11 Å². The molecule has 1 unspecified atom stereocenters. The van der Waals surface area contributed by atoms with E-state index in [1.165, 1.54) is 0 Å². The minimum absolute atomic E-state index is 0.214. The van der Waals surface area contributed by atoms with Gasteiger partial charge in [-0.15, -0.1) is 0 Å². The number of para-hydroxylation sites is 1. The quantitative estimate of drug-likeness (QED) is 0.866. The minimum Gasteiger partial charge on any atom is -0.488 e. The van der Waals surface area contributed by atoms with E-state index in [-0.39, 0.29) is 6.61 Å². The molecule has 0 saturated heterocycles. The van der Waals surface area contributed by atoms with Gasteiger partial charge in [0.15, 0.2) is 0 Å². The Kier molecular flexibility index (Phi) is 4.80. The van der Waals surface area contributed by atoms with Crippen LogP contribution < -0.4 is 4.74 Å². The summed E-state index contributed by atoms with van der Waals surface area (Å²) in [6.45, 7) is 0.214. The van der Waals surface area contributed by atoms with Gasteiger partial charge in [-0.3, -0.25) is 0 Å². The van der Waals surface area contributed by atoms with Crippen LogP contribution in [-0.4, -0.2) is 11.7 Å². The van der Waals surface area contributed by atoms with E-state index in [1.54, 1.807) is 0 Å². The molecule has 2 aromatic rings. The van der Waals surface area contributed by atoms with Crippen molar-refractivity contribution in [2.24, 2.45) is 0 Å². The first kappa shape index (κ1) is 13.6. The van der Waals surface area contributed by atoms with Crippen LogP contribution in [0, 0.1) is 0 Å². The molecule has 0 radical (unpaired) electrons. The first-order valence-electron chi connectivity index (χ1n) is 5.48. The second kappa shape index (κ2) is 6.36. The van der Waals surface area contributed by atoms with Crippen LogP contribution in [0.15, 0.2) is 57.5 Å². The molecule has 0 fully saturated rings. The monoisotopic (exact) mass is 370 g/mol. The van der Waals surface area contributed by atoms with E-state index < -0.39 is 6.10 Å². The van der Waals surface area contributed by atoms with Crippen LogP contribution in [0.2, 0.25) is 0 Å². The summed E-state index contributed by atoms with van der Waals surface area (Å²) < 4.78 is 7.36. The molecule has 0 bridgehead atoms. The van der Waals surface area contributed by atoms with Gasteiger partial charge in [0.25, 0.3) is 0 Å². The Balaban J connectivity index is 2.04. The molecule has 18 heavy (non-hydrogen) atoms. The maximum absolute atomic E-state index is 10.0. The normalized spacial score (nSPS) is 12.2. The van der Waals surface area contributed by atoms with E-state index in [0.717, 1.165) is 14.5 Å². The summed E-state index contributed by atoms with van der Waals surface area (Å²) in [6.07, 6.45) is -0.634. The SMILES string of the molecule is OC(COc1c(Br)cccc1Br)c1ccccc1. The van der Waals surface area contributed by atoms with Crippen molar-refractivity contribution >= 4 is 31.9 Å². The highest BCUT2D eigenvalue weighted by molar-refractivity contribution is 9.11. The van der Waals surface area contributed by atoms with Gasteiger partial charge in [-0.25, -0.2) is 0 Å². The van der Waals surface area contributed by atoms with E-state index >= 15 is 0 Å². The lowest BCUT2D eigenvalue weighted by Gasteiger charge is -2.14. The zero-order chi connectivity index (χ0) is 13.0. The number of hydrogen-bond donors (Lipinski definition) is 1. The molecule has 0 heterocycles. The van der Waals surface area contributed by atoms with Crippen molar-refractivity contribution in [2.75, 3.05) is 6.61 Å². The van der Waals surface area contributed by atoms with Gasteiger partial charge >= 0.3 is 0 Å². The average Bonchev–Trinajstić information content (AvgIpc) is 2.39. The van der Waals surface area contributed by atoms with E-state index in [1.807, 2.05) is 48.5 Å². The molecule has 0 aliphatic heterocycles. The van der Waals surface area contributed by atoms with E-state index in [0.29, 0.717) is 5.75 Å². The van der Waals surface area contributed by atoms with E-state index in [4.69, 9.17) is 4.74 Å². The number of hydrogen-bond acceptors (Lipinski definition) is 2. The standard InChI is InChI=1S/C14H12Br2O2/c15-11-7-4-8-12(16)14(11)18-9-13(17)10-5-2-1-3-6-10/h1-8,13,17H,9H2. The number of aliphatic hydroxyl groups excluding tert-OH is 1. The minimum atomic E-state index is -0.634. The fourth-order valence-electron chi connectivity index (χ4n) is 1.55. The highest BCUT2D eigenvalue weighted by atomic mass is 79.9. The molecule has 0 amide bonds. The Bertz CT molecular complexity index is 494. The molecule has 0 aliphatic rings. The predicted molar refractivity (Wildman–Crippen MR) is 78.7 cm³/mol. The summed E-state index contributed by atoms with van der Waals surface area (Å²) in [7, 11) is 0. The molecule has 0 aromatic heterocycles. The highest BCUT2D eigenvalue weighted by Crippen LogP contribution is 2.33. The lowest BCUT2D eigenvalue weighted by molar-refractivity contribution is 0.107. The Morgan fingerprint density at radius 1 is 0.944 bits per heavy atom. The Labute approximate surface area is 123 Å². The zero-order valence-electron chi connectivity index (χ0n) is 9.51. The predicted octanol–water partition coefficient (Wildman–Crippen LogP) is 4.32. The molecule has 2 aromatic carbocycles. The second-order valence-corrected chi connectivity index (χ2v) is 5.50. The fourth-order valence-corrected chi connectivity index (χ4v) is 2.78. The largest absolute Gasteiger partial charge is 0.488 e. The van der Waals surface area contributed by atoms with Crippen molar-refractivity contribution in [1.29, 1.82) is 0 Å². The number of rotatable bonds is 4. The lowest BCUT2D eigenvalue weighted by atomic mass is 10.1. The van der Waals surface area contributed by atoms with Crippen LogP contribution in [0.3, 0.4) is 0 Å². The van der Waals surface area contributed by atoms with Crippen molar-refractivity contribution in [2.45, 2.75) is 6.10 Å². The summed E-state index contributed by atoms with van der Waals surface area (Å²) >= 11 is 6.83. The van der Waals surface area contributed by atoms with Crippen molar-refractivity contribution in [3.8, 4) is 5.75 Å². The van der Waals surface area contributed by atoms with Crippen LogP contribution in [0.5, 0.6) is 5.75 Å². The molecule has 0 aliphatic carbocycles. The van der Waals surface area contributed by atoms with Gasteiger partial charge in [-0.1, -0.05) is 36.4 Å². The van der Waals surface area contributed by atoms with Gasteiger partial charge in [0, 0.05) is 0 Å². The molecule has 2 nitrogen and oxygen atoms in total. The molecular weight excluding hydrogens is 360 g/mol. The molecule has 1 atom stereocenters. The third-order valence-corrected chi connectivity index (χ3v) is 3.74. The topological polar surface area (TPSA) is 29.5 Å². The lowest BCUT2D eigenvalue weighted by Crippen LogP contribution is -2.10. The molecule has 0 saturated carbocycles. The van der Waals surface area contributed by atoms with Crippen LogP contribution in [0.4, 0.5) is 0 Å². The van der Waals surface area contributed by atoms with Crippen molar-refractivity contribution in [1.82, 2.24) is 0 Å². The van der Waals surface area contributed by atoms with Gasteiger partial charge < -0.3 is 9.84 Å². The van der Waals surface area contributed by atoms with E-state index in [2.05, 4.69) is 31.9 Å². The highest BCUT2D eigenvalue weighted by Gasteiger charge is 2.11. The van der Waals surface area contributed by atoms with Crippen molar-refractivity contribution < 1.29 is 9.84 Å². The summed E-state index contributed by atoms with van der Waals surface area (Å²) in [6, 6.07) is 15.2. The molecule has 1 N–H and O–H groups in total. The van der Waals surface area contributed by atoms with Gasteiger partial charge in [0.05, 0.1) is 8.95 Å². The molecular formula is C14H12Br2O2. The number of benzene rings is 2. The van der Waals surface area contributed by atoms with Crippen LogP contribution >= 0.6 is 31.9 Å². The first-order chi connectivity index (χ1) is 8.68. The third-order valence-electron chi connectivity index (χ3n) is 2.49. The van der Waals surface area contributed by atoms with Gasteiger partial charge in [0.1, 0.15) is 18.5 Å². The summed E-state index contributed by atoms with van der Waals surface area (Å²) in [5.41, 5.74) is 0.848. The van der Waals surface area contributed by atoms with Gasteiger partial charge in [0.2, 0.25) is 0 Å². The Morgan fingerprint density at radius 3 is 2.17 bits per heavy atom. The van der Waals surface area contributed by atoms with Crippen molar-refractivity contribution in [3.63, 3.8) is 0 Å². The van der Waals surface area contributed by atoms with Crippen molar-refractivity contribution in [3.05, 3.63) is 63.0 Å². The molecule has 94 valence electrons. The zero-order valence-corrected chi connectivity index (χ0v) is 12.7. The third kappa shape index (κ3) is 3.34. The Hall–Kier alpha value is -0.840. The Morgan fingerprint density at radius 2 is 1.56 bits per heavy atom. The number of aliphatic hydroxyl groups is 1. The fraction of sp³-hybridized carbons (Fsp3) is 0.143. The second-order valence-electron chi connectivity index (χ2n) is 3.79. The molecule has 2 rings (SSSR count). The molecule has 4 heteroatoms. The van der Waals surface area contributed by atoms with Crippen LogP contribution in [-0.2, 0) is 0 Å². The summed E-state index contributed by atoms with van der Waals surface area (Å²) in [5.74, 6) is 0.701. The van der Waals surface area contributed by atoms with Gasteiger partial charge in [-0.2, -0.15) is 0 Å². The van der Waals surface area contributed by atoms with Crippen LogP contribution in [0.25, 0.3) is 0 Å².